The van der Waals surface area contributed by atoms with Gasteiger partial charge in [-0.3, -0.25) is 9.88 Å². The Morgan fingerprint density at radius 2 is 2.19 bits per heavy atom. The number of hydrogen-bond acceptors (Lipinski definition) is 5. The molecule has 21 heavy (non-hydrogen) atoms. The average Bonchev–Trinajstić information content (AvgIpc) is 2.41. The van der Waals surface area contributed by atoms with Crippen LogP contribution in [0.3, 0.4) is 0 Å². The number of ether oxygens (including phenoxy) is 2. The Labute approximate surface area is 127 Å². The Hall–Kier alpha value is -1.17. The number of nitrogens with two attached hydrogens (primary N) is 1. The summed E-state index contributed by atoms with van der Waals surface area (Å²) in [6.45, 7) is 11.4. The maximum Gasteiger partial charge on any atom is 0.128 e. The second-order valence-electron chi connectivity index (χ2n) is 6.45. The first kappa shape index (κ1) is 16.2. The third kappa shape index (κ3) is 3.73. The van der Waals surface area contributed by atoms with Gasteiger partial charge in [0.1, 0.15) is 5.75 Å². The highest BCUT2D eigenvalue weighted by molar-refractivity contribution is 5.41. The number of methoxy groups -OCH3 is 1. The predicted octanol–water partition coefficient (Wildman–Crippen LogP) is 1.65. The van der Waals surface area contributed by atoms with Crippen molar-refractivity contribution < 1.29 is 9.47 Å². The first-order valence-corrected chi connectivity index (χ1v) is 7.45. The van der Waals surface area contributed by atoms with Crippen LogP contribution in [-0.2, 0) is 11.3 Å². The smallest absolute Gasteiger partial charge is 0.128 e. The lowest BCUT2D eigenvalue weighted by Crippen LogP contribution is -2.54. The van der Waals surface area contributed by atoms with Crippen LogP contribution in [0.5, 0.6) is 5.75 Å². The topological polar surface area (TPSA) is 60.6 Å². The predicted molar refractivity (Wildman–Crippen MR) is 83.5 cm³/mol. The molecule has 0 aromatic carbocycles. The molecule has 118 valence electrons. The number of aromatic nitrogens is 1. The van der Waals surface area contributed by atoms with Crippen LogP contribution in [0.2, 0.25) is 0 Å². The van der Waals surface area contributed by atoms with Gasteiger partial charge in [0, 0.05) is 43.5 Å². The molecule has 5 nitrogen and oxygen atoms in total. The van der Waals surface area contributed by atoms with Gasteiger partial charge in [0.2, 0.25) is 0 Å². The van der Waals surface area contributed by atoms with Crippen LogP contribution in [-0.4, -0.2) is 48.3 Å². The highest BCUT2D eigenvalue weighted by atomic mass is 16.5. The molecule has 1 saturated heterocycles. The van der Waals surface area contributed by atoms with E-state index in [4.69, 9.17) is 15.2 Å². The molecule has 1 aliphatic heterocycles. The van der Waals surface area contributed by atoms with E-state index in [1.165, 1.54) is 0 Å². The summed E-state index contributed by atoms with van der Waals surface area (Å²) in [6, 6.07) is 0. The van der Waals surface area contributed by atoms with Crippen LogP contribution >= 0.6 is 0 Å². The van der Waals surface area contributed by atoms with Gasteiger partial charge in [-0.05, 0) is 27.7 Å². The second-order valence-corrected chi connectivity index (χ2v) is 6.45. The summed E-state index contributed by atoms with van der Waals surface area (Å²) in [7, 11) is 1.71. The fourth-order valence-electron chi connectivity index (χ4n) is 3.10. The Kier molecular flexibility index (Phi) is 4.86. The molecule has 1 unspecified atom stereocenters. The molecule has 2 heterocycles. The molecular formula is C16H27N3O2. The van der Waals surface area contributed by atoms with Crippen molar-refractivity contribution in [1.29, 1.82) is 0 Å². The molecule has 0 amide bonds. The van der Waals surface area contributed by atoms with Gasteiger partial charge in [-0.1, -0.05) is 0 Å². The summed E-state index contributed by atoms with van der Waals surface area (Å²) in [5, 5.41) is 0. The van der Waals surface area contributed by atoms with Gasteiger partial charge in [-0.2, -0.15) is 0 Å². The van der Waals surface area contributed by atoms with Gasteiger partial charge >= 0.3 is 0 Å². The minimum atomic E-state index is -0.176. The minimum absolute atomic E-state index is 0.0846. The molecule has 0 saturated carbocycles. The van der Waals surface area contributed by atoms with E-state index in [9.17, 15) is 0 Å². The zero-order chi connectivity index (χ0) is 15.6. The number of nitrogens with zero attached hydrogens (tertiary/aromatic N) is 2. The first-order chi connectivity index (χ1) is 9.86. The van der Waals surface area contributed by atoms with Crippen molar-refractivity contribution in [3.63, 3.8) is 0 Å². The summed E-state index contributed by atoms with van der Waals surface area (Å²) in [5.74, 6) is 0.933. The lowest BCUT2D eigenvalue weighted by molar-refractivity contribution is -0.134. The molecule has 1 fully saturated rings. The molecule has 2 N–H and O–H groups in total. The van der Waals surface area contributed by atoms with E-state index in [1.54, 1.807) is 7.11 Å². The Morgan fingerprint density at radius 3 is 2.81 bits per heavy atom. The molecule has 1 aromatic rings. The lowest BCUT2D eigenvalue weighted by Gasteiger charge is -2.42. The van der Waals surface area contributed by atoms with Gasteiger partial charge < -0.3 is 15.2 Å². The minimum Gasteiger partial charge on any atom is -0.496 e. The monoisotopic (exact) mass is 293 g/mol. The Bertz CT molecular complexity index is 503. The fraction of sp³-hybridized carbons (Fsp3) is 0.688. The number of aryl methyl sites for hydroxylation is 1. The zero-order valence-electron chi connectivity index (χ0n) is 13.8. The van der Waals surface area contributed by atoms with Gasteiger partial charge in [0.25, 0.3) is 0 Å². The van der Waals surface area contributed by atoms with Crippen molar-refractivity contribution >= 4 is 0 Å². The summed E-state index contributed by atoms with van der Waals surface area (Å²) in [6.07, 6.45) is 1.97. The third-order valence-corrected chi connectivity index (χ3v) is 3.94. The van der Waals surface area contributed by atoms with Gasteiger partial charge in [0.05, 0.1) is 24.5 Å². The summed E-state index contributed by atoms with van der Waals surface area (Å²) >= 11 is 0. The molecular weight excluding hydrogens is 266 g/mol. The van der Waals surface area contributed by atoms with Crippen LogP contribution in [0.15, 0.2) is 6.20 Å². The summed E-state index contributed by atoms with van der Waals surface area (Å²) in [5.41, 5.74) is 8.86. The van der Waals surface area contributed by atoms with E-state index in [0.717, 1.165) is 42.2 Å². The molecule has 5 heteroatoms. The van der Waals surface area contributed by atoms with E-state index in [1.807, 2.05) is 13.1 Å². The normalized spacial score (nSPS) is 22.3. The van der Waals surface area contributed by atoms with E-state index in [-0.39, 0.29) is 11.7 Å². The fourth-order valence-corrected chi connectivity index (χ4v) is 3.10. The maximum atomic E-state index is 5.97. The SMILES string of the molecule is COc1c(C)cnc(CN2CC(CN)OC(C)(C)C2)c1C. The highest BCUT2D eigenvalue weighted by Gasteiger charge is 2.33. The first-order valence-electron chi connectivity index (χ1n) is 7.45. The van der Waals surface area contributed by atoms with Crippen molar-refractivity contribution in [3.05, 3.63) is 23.0 Å². The number of rotatable bonds is 4. The molecule has 0 bridgehead atoms. The van der Waals surface area contributed by atoms with Crippen molar-refractivity contribution in [2.45, 2.75) is 45.9 Å². The van der Waals surface area contributed by atoms with E-state index in [0.29, 0.717) is 6.54 Å². The van der Waals surface area contributed by atoms with Crippen molar-refractivity contribution in [2.75, 3.05) is 26.7 Å². The van der Waals surface area contributed by atoms with Gasteiger partial charge in [-0.15, -0.1) is 0 Å². The molecule has 0 spiro atoms. The van der Waals surface area contributed by atoms with Crippen molar-refractivity contribution in [3.8, 4) is 5.75 Å². The van der Waals surface area contributed by atoms with Crippen LogP contribution < -0.4 is 10.5 Å². The van der Waals surface area contributed by atoms with Crippen LogP contribution in [0.25, 0.3) is 0 Å². The number of hydrogen-bond donors (Lipinski definition) is 1. The van der Waals surface area contributed by atoms with Crippen molar-refractivity contribution in [2.24, 2.45) is 5.73 Å². The summed E-state index contributed by atoms with van der Waals surface area (Å²) in [4.78, 5) is 6.95. The Morgan fingerprint density at radius 1 is 1.48 bits per heavy atom. The highest BCUT2D eigenvalue weighted by Crippen LogP contribution is 2.27. The van der Waals surface area contributed by atoms with E-state index >= 15 is 0 Å². The standard InChI is InChI=1S/C16H27N3O2/c1-11-7-18-14(12(2)15(11)20-5)9-19-8-13(6-17)21-16(3,4)10-19/h7,13H,6,8-10,17H2,1-5H3. The average molecular weight is 293 g/mol. The summed E-state index contributed by atoms with van der Waals surface area (Å²) < 4.78 is 11.5. The third-order valence-electron chi connectivity index (χ3n) is 3.94. The number of pyridine rings is 1. The van der Waals surface area contributed by atoms with Crippen LogP contribution in [0.1, 0.15) is 30.7 Å². The van der Waals surface area contributed by atoms with E-state index < -0.39 is 0 Å². The van der Waals surface area contributed by atoms with Crippen LogP contribution in [0, 0.1) is 13.8 Å². The van der Waals surface area contributed by atoms with Crippen LogP contribution in [0.4, 0.5) is 0 Å². The maximum absolute atomic E-state index is 5.97. The molecule has 1 aromatic heterocycles. The largest absolute Gasteiger partial charge is 0.496 e. The lowest BCUT2D eigenvalue weighted by atomic mass is 10.0. The zero-order valence-corrected chi connectivity index (χ0v) is 13.8. The second kappa shape index (κ2) is 6.30. The van der Waals surface area contributed by atoms with Crippen molar-refractivity contribution in [1.82, 2.24) is 9.88 Å². The molecule has 0 radical (unpaired) electrons. The van der Waals surface area contributed by atoms with Gasteiger partial charge in [-0.25, -0.2) is 0 Å². The molecule has 1 atom stereocenters. The van der Waals surface area contributed by atoms with Gasteiger partial charge in [0.15, 0.2) is 0 Å². The molecule has 2 rings (SSSR count). The molecule has 1 aliphatic rings. The number of morpholine rings is 1. The van der Waals surface area contributed by atoms with E-state index in [2.05, 4.69) is 30.7 Å². The Balaban J connectivity index is 2.18. The molecule has 0 aliphatic carbocycles. The quantitative estimate of drug-likeness (QED) is 0.914.